The van der Waals surface area contributed by atoms with Gasteiger partial charge in [0.2, 0.25) is 0 Å². The SMILES string of the molecule is CNC(=O)c1ccc(S(=O)(=O)Nc2ccc(OC)cc2OC)cc1. The van der Waals surface area contributed by atoms with E-state index in [-0.39, 0.29) is 16.5 Å². The molecule has 0 unspecified atom stereocenters. The fourth-order valence-electron chi connectivity index (χ4n) is 2.02. The lowest BCUT2D eigenvalue weighted by Gasteiger charge is -2.13. The Kier molecular flexibility index (Phi) is 5.30. The van der Waals surface area contributed by atoms with Crippen molar-refractivity contribution in [1.82, 2.24) is 5.32 Å². The summed E-state index contributed by atoms with van der Waals surface area (Å²) in [6.45, 7) is 0. The molecule has 0 bridgehead atoms. The molecule has 24 heavy (non-hydrogen) atoms. The van der Waals surface area contributed by atoms with Gasteiger partial charge >= 0.3 is 0 Å². The van der Waals surface area contributed by atoms with Crippen molar-refractivity contribution < 1.29 is 22.7 Å². The molecule has 0 aromatic heterocycles. The lowest BCUT2D eigenvalue weighted by Crippen LogP contribution is -2.18. The zero-order valence-electron chi connectivity index (χ0n) is 13.5. The summed E-state index contributed by atoms with van der Waals surface area (Å²) in [4.78, 5) is 11.5. The van der Waals surface area contributed by atoms with Crippen LogP contribution in [0.4, 0.5) is 5.69 Å². The number of ether oxygens (including phenoxy) is 2. The molecule has 7 nitrogen and oxygen atoms in total. The van der Waals surface area contributed by atoms with Crippen LogP contribution in [0.3, 0.4) is 0 Å². The number of carbonyl (C=O) groups excluding carboxylic acids is 1. The van der Waals surface area contributed by atoms with Crippen molar-refractivity contribution in [3.63, 3.8) is 0 Å². The molecular formula is C16H18N2O5S. The largest absolute Gasteiger partial charge is 0.497 e. The van der Waals surface area contributed by atoms with E-state index in [2.05, 4.69) is 10.0 Å². The maximum absolute atomic E-state index is 12.5. The van der Waals surface area contributed by atoms with Gasteiger partial charge in [0.25, 0.3) is 15.9 Å². The highest BCUT2D eigenvalue weighted by molar-refractivity contribution is 7.92. The Morgan fingerprint density at radius 2 is 1.67 bits per heavy atom. The number of hydrogen-bond donors (Lipinski definition) is 2. The van der Waals surface area contributed by atoms with E-state index in [9.17, 15) is 13.2 Å². The summed E-state index contributed by atoms with van der Waals surface area (Å²) in [5.74, 6) is 0.591. The van der Waals surface area contributed by atoms with Crippen molar-refractivity contribution in [2.24, 2.45) is 0 Å². The summed E-state index contributed by atoms with van der Waals surface area (Å²) in [5, 5.41) is 2.47. The van der Waals surface area contributed by atoms with E-state index in [1.165, 1.54) is 45.5 Å². The molecule has 8 heteroatoms. The van der Waals surface area contributed by atoms with Gasteiger partial charge in [-0.05, 0) is 36.4 Å². The molecule has 0 aliphatic carbocycles. The number of methoxy groups -OCH3 is 2. The first-order valence-corrected chi connectivity index (χ1v) is 8.46. The van der Waals surface area contributed by atoms with Gasteiger partial charge in [-0.15, -0.1) is 0 Å². The minimum atomic E-state index is -3.82. The molecule has 0 saturated carbocycles. The summed E-state index contributed by atoms with van der Waals surface area (Å²) in [6, 6.07) is 10.4. The molecule has 2 N–H and O–H groups in total. The summed E-state index contributed by atoms with van der Waals surface area (Å²) < 4.78 is 37.7. The summed E-state index contributed by atoms with van der Waals surface area (Å²) in [6.07, 6.45) is 0. The Balaban J connectivity index is 2.30. The number of nitrogens with one attached hydrogen (secondary N) is 2. The van der Waals surface area contributed by atoms with Gasteiger partial charge in [0.15, 0.2) is 0 Å². The monoisotopic (exact) mass is 350 g/mol. The van der Waals surface area contributed by atoms with E-state index in [1.807, 2.05) is 0 Å². The summed E-state index contributed by atoms with van der Waals surface area (Å²) in [5.41, 5.74) is 0.659. The highest BCUT2D eigenvalue weighted by Gasteiger charge is 2.17. The number of carbonyl (C=O) groups is 1. The van der Waals surface area contributed by atoms with E-state index in [4.69, 9.17) is 9.47 Å². The number of anilines is 1. The van der Waals surface area contributed by atoms with Gasteiger partial charge < -0.3 is 14.8 Å². The predicted molar refractivity (Wildman–Crippen MR) is 90.2 cm³/mol. The smallest absolute Gasteiger partial charge is 0.262 e. The van der Waals surface area contributed by atoms with Crippen LogP contribution in [0.5, 0.6) is 11.5 Å². The fraction of sp³-hybridized carbons (Fsp3) is 0.188. The second-order valence-corrected chi connectivity index (χ2v) is 6.46. The van der Waals surface area contributed by atoms with Crippen LogP contribution in [-0.2, 0) is 10.0 Å². The van der Waals surface area contributed by atoms with E-state index in [1.54, 1.807) is 18.2 Å². The molecule has 2 aromatic carbocycles. The van der Waals surface area contributed by atoms with Gasteiger partial charge in [0.1, 0.15) is 11.5 Å². The van der Waals surface area contributed by atoms with Crippen LogP contribution in [0, 0.1) is 0 Å². The van der Waals surface area contributed by atoms with Crippen LogP contribution in [0.1, 0.15) is 10.4 Å². The Labute approximate surface area is 140 Å². The normalized spacial score (nSPS) is 10.8. The van der Waals surface area contributed by atoms with Gasteiger partial charge in [-0.25, -0.2) is 8.42 Å². The Hall–Kier alpha value is -2.74. The van der Waals surface area contributed by atoms with Crippen molar-refractivity contribution >= 4 is 21.6 Å². The maximum Gasteiger partial charge on any atom is 0.262 e. The standard InChI is InChI=1S/C16H18N2O5S/c1-17-16(19)11-4-7-13(8-5-11)24(20,21)18-14-9-6-12(22-2)10-15(14)23-3/h4-10,18H,1-3H3,(H,17,19). The zero-order chi connectivity index (χ0) is 17.7. The van der Waals surface area contributed by atoms with E-state index < -0.39 is 10.0 Å². The number of benzene rings is 2. The second kappa shape index (κ2) is 7.22. The highest BCUT2D eigenvalue weighted by atomic mass is 32.2. The summed E-state index contributed by atoms with van der Waals surface area (Å²) in [7, 11) is 0.629. The zero-order valence-corrected chi connectivity index (χ0v) is 14.3. The molecule has 0 heterocycles. The Morgan fingerprint density at radius 3 is 2.21 bits per heavy atom. The minimum absolute atomic E-state index is 0.0352. The highest BCUT2D eigenvalue weighted by Crippen LogP contribution is 2.30. The number of amides is 1. The molecular weight excluding hydrogens is 332 g/mol. The van der Waals surface area contributed by atoms with Crippen LogP contribution in [0.2, 0.25) is 0 Å². The third kappa shape index (κ3) is 3.77. The van der Waals surface area contributed by atoms with E-state index in [0.29, 0.717) is 17.1 Å². The average molecular weight is 350 g/mol. The van der Waals surface area contributed by atoms with Crippen LogP contribution in [-0.4, -0.2) is 35.6 Å². The van der Waals surface area contributed by atoms with Gasteiger partial charge in [-0.1, -0.05) is 0 Å². The first-order valence-electron chi connectivity index (χ1n) is 6.98. The van der Waals surface area contributed by atoms with Crippen molar-refractivity contribution in [3.05, 3.63) is 48.0 Å². The van der Waals surface area contributed by atoms with Gasteiger partial charge in [-0.2, -0.15) is 0 Å². The Morgan fingerprint density at radius 1 is 1.00 bits per heavy atom. The molecule has 0 spiro atoms. The molecule has 0 radical (unpaired) electrons. The molecule has 128 valence electrons. The first kappa shape index (κ1) is 17.6. The maximum atomic E-state index is 12.5. The average Bonchev–Trinajstić information content (AvgIpc) is 2.61. The van der Waals surface area contributed by atoms with Gasteiger partial charge in [0.05, 0.1) is 24.8 Å². The van der Waals surface area contributed by atoms with Crippen molar-refractivity contribution in [2.45, 2.75) is 4.90 Å². The van der Waals surface area contributed by atoms with Crippen LogP contribution in [0.15, 0.2) is 47.4 Å². The lowest BCUT2D eigenvalue weighted by molar-refractivity contribution is 0.0963. The Bertz CT molecular complexity index is 832. The number of hydrogen-bond acceptors (Lipinski definition) is 5. The predicted octanol–water partition coefficient (Wildman–Crippen LogP) is 1.86. The number of rotatable bonds is 6. The molecule has 2 rings (SSSR count). The summed E-state index contributed by atoms with van der Waals surface area (Å²) >= 11 is 0. The molecule has 0 atom stereocenters. The number of sulfonamides is 1. The molecule has 0 aliphatic heterocycles. The minimum Gasteiger partial charge on any atom is -0.497 e. The van der Waals surface area contributed by atoms with E-state index in [0.717, 1.165) is 0 Å². The van der Waals surface area contributed by atoms with E-state index >= 15 is 0 Å². The lowest BCUT2D eigenvalue weighted by atomic mass is 10.2. The van der Waals surface area contributed by atoms with Crippen molar-refractivity contribution in [1.29, 1.82) is 0 Å². The molecule has 2 aromatic rings. The fourth-order valence-corrected chi connectivity index (χ4v) is 3.09. The first-order chi connectivity index (χ1) is 11.4. The second-order valence-electron chi connectivity index (χ2n) is 4.78. The third-order valence-corrected chi connectivity index (χ3v) is 4.69. The van der Waals surface area contributed by atoms with Crippen LogP contribution in [0.25, 0.3) is 0 Å². The van der Waals surface area contributed by atoms with Crippen LogP contribution < -0.4 is 19.5 Å². The third-order valence-electron chi connectivity index (χ3n) is 3.31. The van der Waals surface area contributed by atoms with Gasteiger partial charge in [-0.3, -0.25) is 9.52 Å². The molecule has 1 amide bonds. The van der Waals surface area contributed by atoms with Gasteiger partial charge in [0, 0.05) is 18.7 Å². The molecule has 0 saturated heterocycles. The quantitative estimate of drug-likeness (QED) is 0.829. The molecule has 0 aliphatic rings. The van der Waals surface area contributed by atoms with Crippen molar-refractivity contribution in [3.8, 4) is 11.5 Å². The van der Waals surface area contributed by atoms with Crippen molar-refractivity contribution in [2.75, 3.05) is 26.0 Å². The topological polar surface area (TPSA) is 93.7 Å². The molecule has 0 fully saturated rings. The van der Waals surface area contributed by atoms with Crippen LogP contribution >= 0.6 is 0 Å².